The van der Waals surface area contributed by atoms with Crippen molar-refractivity contribution in [2.45, 2.75) is 13.5 Å². The molecule has 80 valence electrons. The van der Waals surface area contributed by atoms with Crippen molar-refractivity contribution in [1.29, 1.82) is 5.26 Å². The third-order valence-corrected chi connectivity index (χ3v) is 2.17. The Morgan fingerprint density at radius 3 is 3.00 bits per heavy atom. The molecular weight excluding hydrogens is 202 g/mol. The van der Waals surface area contributed by atoms with Gasteiger partial charge >= 0.3 is 0 Å². The van der Waals surface area contributed by atoms with Gasteiger partial charge in [-0.3, -0.25) is 0 Å². The highest BCUT2D eigenvalue weighted by Crippen LogP contribution is 2.13. The number of hydrogen-bond donors (Lipinski definition) is 1. The van der Waals surface area contributed by atoms with E-state index in [1.165, 1.54) is 0 Å². The normalized spacial score (nSPS) is 9.75. The minimum atomic E-state index is 0.526. The summed E-state index contributed by atoms with van der Waals surface area (Å²) < 4.78 is 5.19. The molecule has 2 aromatic rings. The Bertz CT molecular complexity index is 512. The van der Waals surface area contributed by atoms with Crippen LogP contribution in [0.15, 0.2) is 34.9 Å². The SMILES string of the molecule is Cc1ccc(C#N)c(NCc2ccco2)n1. The largest absolute Gasteiger partial charge is 0.467 e. The van der Waals surface area contributed by atoms with Gasteiger partial charge in [-0.05, 0) is 31.2 Å². The van der Waals surface area contributed by atoms with Gasteiger partial charge in [0.05, 0.1) is 18.4 Å². The van der Waals surface area contributed by atoms with E-state index in [0.717, 1.165) is 11.5 Å². The topological polar surface area (TPSA) is 61.9 Å². The number of pyridine rings is 1. The number of aromatic nitrogens is 1. The first kappa shape index (κ1) is 10.2. The van der Waals surface area contributed by atoms with Crippen LogP contribution in [0.4, 0.5) is 5.82 Å². The van der Waals surface area contributed by atoms with Crippen LogP contribution in [0.2, 0.25) is 0 Å². The fourth-order valence-electron chi connectivity index (χ4n) is 1.37. The van der Waals surface area contributed by atoms with Gasteiger partial charge in [0.1, 0.15) is 17.6 Å². The molecule has 2 rings (SSSR count). The smallest absolute Gasteiger partial charge is 0.144 e. The maximum atomic E-state index is 8.91. The zero-order valence-corrected chi connectivity index (χ0v) is 8.90. The molecule has 0 aliphatic rings. The zero-order chi connectivity index (χ0) is 11.4. The van der Waals surface area contributed by atoms with Crippen LogP contribution < -0.4 is 5.32 Å². The van der Waals surface area contributed by atoms with Gasteiger partial charge in [0.15, 0.2) is 0 Å². The fourth-order valence-corrected chi connectivity index (χ4v) is 1.37. The van der Waals surface area contributed by atoms with Crippen LogP contribution in [0.3, 0.4) is 0 Å². The minimum Gasteiger partial charge on any atom is -0.467 e. The number of rotatable bonds is 3. The molecule has 0 aliphatic carbocycles. The Kier molecular flexibility index (Phi) is 2.88. The van der Waals surface area contributed by atoms with Crippen LogP contribution >= 0.6 is 0 Å². The van der Waals surface area contributed by atoms with Gasteiger partial charge in [-0.2, -0.15) is 5.26 Å². The number of nitriles is 1. The van der Waals surface area contributed by atoms with Crippen molar-refractivity contribution < 1.29 is 4.42 Å². The number of nitrogens with zero attached hydrogens (tertiary/aromatic N) is 2. The summed E-state index contributed by atoms with van der Waals surface area (Å²) in [6.07, 6.45) is 1.62. The molecule has 0 fully saturated rings. The summed E-state index contributed by atoms with van der Waals surface area (Å²) in [7, 11) is 0. The minimum absolute atomic E-state index is 0.526. The molecule has 2 heterocycles. The Balaban J connectivity index is 2.15. The summed E-state index contributed by atoms with van der Waals surface area (Å²) in [4.78, 5) is 4.27. The van der Waals surface area contributed by atoms with Gasteiger partial charge in [-0.15, -0.1) is 0 Å². The molecule has 0 radical (unpaired) electrons. The molecule has 0 saturated carbocycles. The molecule has 0 aliphatic heterocycles. The highest BCUT2D eigenvalue weighted by molar-refractivity contribution is 5.52. The molecule has 0 atom stereocenters. The van der Waals surface area contributed by atoms with Gasteiger partial charge in [-0.1, -0.05) is 0 Å². The lowest BCUT2D eigenvalue weighted by molar-refractivity contribution is 0.518. The van der Waals surface area contributed by atoms with E-state index in [0.29, 0.717) is 17.9 Å². The van der Waals surface area contributed by atoms with E-state index in [-0.39, 0.29) is 0 Å². The van der Waals surface area contributed by atoms with Crippen LogP contribution in [-0.2, 0) is 6.54 Å². The lowest BCUT2D eigenvalue weighted by atomic mass is 10.2. The van der Waals surface area contributed by atoms with Gasteiger partial charge in [-0.25, -0.2) is 4.98 Å². The quantitative estimate of drug-likeness (QED) is 0.850. The molecule has 4 heteroatoms. The number of furan rings is 1. The third kappa shape index (κ3) is 2.20. The van der Waals surface area contributed by atoms with Crippen molar-refractivity contribution in [3.8, 4) is 6.07 Å². The molecule has 0 saturated heterocycles. The van der Waals surface area contributed by atoms with E-state index < -0.39 is 0 Å². The van der Waals surface area contributed by atoms with E-state index in [9.17, 15) is 0 Å². The molecule has 0 spiro atoms. The Hall–Kier alpha value is -2.28. The fraction of sp³-hybridized carbons (Fsp3) is 0.167. The van der Waals surface area contributed by atoms with E-state index in [2.05, 4.69) is 16.4 Å². The maximum Gasteiger partial charge on any atom is 0.144 e. The molecule has 0 amide bonds. The van der Waals surface area contributed by atoms with Crippen molar-refractivity contribution in [2.75, 3.05) is 5.32 Å². The summed E-state index contributed by atoms with van der Waals surface area (Å²) in [6.45, 7) is 2.41. The zero-order valence-electron chi connectivity index (χ0n) is 8.90. The monoisotopic (exact) mass is 213 g/mol. The predicted octanol–water partition coefficient (Wildman–Crippen LogP) is 2.47. The molecule has 2 aromatic heterocycles. The maximum absolute atomic E-state index is 8.91. The first-order valence-electron chi connectivity index (χ1n) is 4.93. The van der Waals surface area contributed by atoms with Gasteiger partial charge in [0.25, 0.3) is 0 Å². The van der Waals surface area contributed by atoms with Crippen LogP contribution in [0, 0.1) is 18.3 Å². The molecule has 0 unspecified atom stereocenters. The van der Waals surface area contributed by atoms with Crippen LogP contribution in [0.1, 0.15) is 17.0 Å². The van der Waals surface area contributed by atoms with E-state index in [1.807, 2.05) is 25.1 Å². The standard InChI is InChI=1S/C12H11N3O/c1-9-4-5-10(7-13)12(15-9)14-8-11-3-2-6-16-11/h2-6H,8H2,1H3,(H,14,15). The number of hydrogen-bond acceptors (Lipinski definition) is 4. The van der Waals surface area contributed by atoms with Gasteiger partial charge in [0, 0.05) is 5.69 Å². The van der Waals surface area contributed by atoms with E-state index in [4.69, 9.17) is 9.68 Å². The summed E-state index contributed by atoms with van der Waals surface area (Å²) in [5.41, 5.74) is 1.41. The molecule has 16 heavy (non-hydrogen) atoms. The molecule has 1 N–H and O–H groups in total. The first-order valence-corrected chi connectivity index (χ1v) is 4.93. The number of anilines is 1. The molecular formula is C12H11N3O. The van der Waals surface area contributed by atoms with Crippen molar-refractivity contribution in [3.05, 3.63) is 47.5 Å². The van der Waals surface area contributed by atoms with Gasteiger partial charge in [0.2, 0.25) is 0 Å². The van der Waals surface area contributed by atoms with Crippen molar-refractivity contribution in [1.82, 2.24) is 4.98 Å². The average molecular weight is 213 g/mol. The predicted molar refractivity (Wildman–Crippen MR) is 59.7 cm³/mol. The summed E-state index contributed by atoms with van der Waals surface area (Å²) >= 11 is 0. The van der Waals surface area contributed by atoms with Gasteiger partial charge < -0.3 is 9.73 Å². The van der Waals surface area contributed by atoms with Crippen molar-refractivity contribution >= 4 is 5.82 Å². The van der Waals surface area contributed by atoms with Crippen molar-refractivity contribution in [3.63, 3.8) is 0 Å². The lowest BCUT2D eigenvalue weighted by Gasteiger charge is -2.06. The molecule has 0 aromatic carbocycles. The van der Waals surface area contributed by atoms with E-state index >= 15 is 0 Å². The average Bonchev–Trinajstić information content (AvgIpc) is 2.79. The van der Waals surface area contributed by atoms with E-state index in [1.54, 1.807) is 12.3 Å². The molecule has 4 nitrogen and oxygen atoms in total. The highest BCUT2D eigenvalue weighted by Gasteiger charge is 2.04. The highest BCUT2D eigenvalue weighted by atomic mass is 16.3. The second-order valence-corrected chi connectivity index (χ2v) is 3.39. The second kappa shape index (κ2) is 4.49. The summed E-state index contributed by atoms with van der Waals surface area (Å²) in [5, 5.41) is 12.0. The Labute approximate surface area is 93.5 Å². The first-order chi connectivity index (χ1) is 7.79. The number of nitrogens with one attached hydrogen (secondary N) is 1. The third-order valence-electron chi connectivity index (χ3n) is 2.17. The van der Waals surface area contributed by atoms with Crippen molar-refractivity contribution in [2.24, 2.45) is 0 Å². The second-order valence-electron chi connectivity index (χ2n) is 3.39. The Morgan fingerprint density at radius 1 is 1.44 bits per heavy atom. The Morgan fingerprint density at radius 2 is 2.31 bits per heavy atom. The van der Waals surface area contributed by atoms with Crippen LogP contribution in [0.5, 0.6) is 0 Å². The summed E-state index contributed by atoms with van der Waals surface area (Å²) in [5.74, 6) is 1.41. The summed E-state index contributed by atoms with van der Waals surface area (Å²) in [6, 6.07) is 9.37. The van der Waals surface area contributed by atoms with Crippen LogP contribution in [-0.4, -0.2) is 4.98 Å². The van der Waals surface area contributed by atoms with Crippen LogP contribution in [0.25, 0.3) is 0 Å². The molecule has 0 bridgehead atoms. The lowest BCUT2D eigenvalue weighted by Crippen LogP contribution is -2.03. The number of aryl methyl sites for hydroxylation is 1.